The number of rotatable bonds is 17. The highest BCUT2D eigenvalue weighted by atomic mass is 32.2. The van der Waals surface area contributed by atoms with Crippen LogP contribution in [-0.4, -0.2) is 85.8 Å². The van der Waals surface area contributed by atoms with Crippen LogP contribution in [0.1, 0.15) is 45.7 Å². The van der Waals surface area contributed by atoms with Gasteiger partial charge in [-0.1, -0.05) is 87.2 Å². The molecule has 2 atom stereocenters. The molecule has 49 heavy (non-hydrogen) atoms. The van der Waals surface area contributed by atoms with Crippen molar-refractivity contribution < 1.29 is 46.6 Å². The van der Waals surface area contributed by atoms with Crippen molar-refractivity contribution in [2.24, 2.45) is 5.92 Å². The Balaban J connectivity index is 2.27. The first-order valence-corrected chi connectivity index (χ1v) is 17.2. The van der Waals surface area contributed by atoms with Crippen LogP contribution in [0.4, 0.5) is 9.59 Å². The van der Waals surface area contributed by atoms with Crippen LogP contribution in [0.25, 0.3) is 0 Å². The maximum atomic E-state index is 13.8. The van der Waals surface area contributed by atoms with E-state index < -0.39 is 82.4 Å². The molecule has 4 amide bonds. The van der Waals surface area contributed by atoms with Crippen molar-refractivity contribution in [1.82, 2.24) is 20.3 Å². The molecular weight excluding hydrogens is 656 g/mol. The van der Waals surface area contributed by atoms with E-state index in [1.54, 1.807) is 95.3 Å². The molecule has 0 spiro atoms. The predicted molar refractivity (Wildman–Crippen MR) is 181 cm³/mol. The van der Waals surface area contributed by atoms with Gasteiger partial charge in [0.25, 0.3) is 5.91 Å². The lowest BCUT2D eigenvalue weighted by molar-refractivity contribution is -0.145. The number of nitrogens with one attached hydrogen (secondary N) is 3. The highest BCUT2D eigenvalue weighted by Crippen LogP contribution is 2.12. The number of ether oxygens (including phenoxy) is 3. The molecular formula is C34H46N4O10S. The molecule has 0 aliphatic rings. The average molecular weight is 703 g/mol. The van der Waals surface area contributed by atoms with E-state index in [0.29, 0.717) is 15.4 Å². The van der Waals surface area contributed by atoms with Crippen LogP contribution in [-0.2, 0) is 51.6 Å². The van der Waals surface area contributed by atoms with Gasteiger partial charge in [0.15, 0.2) is 0 Å². The first kappa shape index (κ1) is 40.3. The van der Waals surface area contributed by atoms with Gasteiger partial charge in [0, 0.05) is 0 Å². The number of hydrogen-bond acceptors (Lipinski definition) is 10. The monoisotopic (exact) mass is 702 g/mol. The first-order chi connectivity index (χ1) is 23.0. The minimum absolute atomic E-state index is 0.0343. The fraction of sp³-hybridized carbons (Fsp3) is 0.441. The van der Waals surface area contributed by atoms with E-state index in [1.807, 2.05) is 0 Å². The van der Waals surface area contributed by atoms with E-state index in [1.165, 1.54) is 6.08 Å². The molecule has 0 bridgehead atoms. The Morgan fingerprint density at radius 2 is 1.47 bits per heavy atom. The fourth-order valence-corrected chi connectivity index (χ4v) is 5.88. The second-order valence-electron chi connectivity index (χ2n) is 12.3. The van der Waals surface area contributed by atoms with Crippen LogP contribution in [0.3, 0.4) is 0 Å². The van der Waals surface area contributed by atoms with Crippen molar-refractivity contribution in [1.29, 1.82) is 0 Å². The van der Waals surface area contributed by atoms with Crippen LogP contribution in [0, 0.1) is 5.92 Å². The van der Waals surface area contributed by atoms with E-state index in [-0.39, 0.29) is 19.6 Å². The number of esters is 1. The molecule has 0 aromatic heterocycles. The quantitative estimate of drug-likeness (QED) is 0.126. The molecule has 0 fully saturated rings. The highest BCUT2D eigenvalue weighted by Gasteiger charge is 2.34. The van der Waals surface area contributed by atoms with Gasteiger partial charge in [-0.25, -0.2) is 22.3 Å². The number of alkyl carbamates (subject to hydrolysis) is 2. The fourth-order valence-electron chi connectivity index (χ4n) is 4.31. The van der Waals surface area contributed by atoms with Crippen LogP contribution < -0.4 is 16.0 Å². The lowest BCUT2D eigenvalue weighted by Gasteiger charge is -2.27. The Labute approximate surface area is 287 Å². The van der Waals surface area contributed by atoms with E-state index >= 15 is 0 Å². The number of benzene rings is 2. The maximum absolute atomic E-state index is 13.8. The van der Waals surface area contributed by atoms with Crippen molar-refractivity contribution in [2.75, 3.05) is 25.4 Å². The summed E-state index contributed by atoms with van der Waals surface area (Å²) >= 11 is 0. The Morgan fingerprint density at radius 1 is 0.878 bits per heavy atom. The summed E-state index contributed by atoms with van der Waals surface area (Å²) in [4.78, 5) is 64.1. The zero-order valence-corrected chi connectivity index (χ0v) is 29.3. The molecule has 2 aromatic rings. The first-order valence-electron chi connectivity index (χ1n) is 15.6. The molecule has 0 saturated heterocycles. The molecule has 0 aliphatic heterocycles. The second kappa shape index (κ2) is 19.2. The Bertz CT molecular complexity index is 1530. The van der Waals surface area contributed by atoms with E-state index in [2.05, 4.69) is 22.5 Å². The average Bonchev–Trinajstić information content (AvgIpc) is 3.02. The lowest BCUT2D eigenvalue weighted by Crippen LogP contribution is -2.54. The molecule has 0 saturated carbocycles. The van der Waals surface area contributed by atoms with Gasteiger partial charge in [-0.3, -0.25) is 14.4 Å². The number of carbonyl (C=O) groups is 5. The van der Waals surface area contributed by atoms with Crippen molar-refractivity contribution in [2.45, 2.75) is 65.3 Å². The second-order valence-corrected chi connectivity index (χ2v) is 14.3. The normalized spacial score (nSPS) is 12.5. The van der Waals surface area contributed by atoms with Crippen molar-refractivity contribution in [3.63, 3.8) is 0 Å². The Kier molecular flexibility index (Phi) is 15.7. The number of amides is 4. The Morgan fingerprint density at radius 3 is 2.02 bits per heavy atom. The van der Waals surface area contributed by atoms with Gasteiger partial charge in [0.2, 0.25) is 15.9 Å². The van der Waals surface area contributed by atoms with Gasteiger partial charge in [-0.2, -0.15) is 0 Å². The molecule has 14 nitrogen and oxygen atoms in total. The largest absolute Gasteiger partial charge is 0.460 e. The third-order valence-electron chi connectivity index (χ3n) is 6.56. The van der Waals surface area contributed by atoms with E-state index in [0.717, 1.165) is 0 Å². The van der Waals surface area contributed by atoms with Crippen LogP contribution in [0.15, 0.2) is 73.3 Å². The molecule has 2 aromatic carbocycles. The summed E-state index contributed by atoms with van der Waals surface area (Å²) in [5.74, 6) is -4.25. The smallest absolute Gasteiger partial charge is 0.408 e. The molecule has 2 rings (SSSR count). The van der Waals surface area contributed by atoms with Crippen LogP contribution >= 0.6 is 0 Å². The summed E-state index contributed by atoms with van der Waals surface area (Å²) in [6.45, 7) is 9.53. The van der Waals surface area contributed by atoms with E-state index in [9.17, 15) is 32.4 Å². The molecule has 3 N–H and O–H groups in total. The summed E-state index contributed by atoms with van der Waals surface area (Å²) in [5, 5.41) is 7.34. The van der Waals surface area contributed by atoms with Crippen LogP contribution in [0.5, 0.6) is 0 Å². The zero-order chi connectivity index (χ0) is 36.6. The number of nitrogens with zero attached hydrogens (tertiary/aromatic N) is 1. The van der Waals surface area contributed by atoms with Gasteiger partial charge < -0.3 is 30.2 Å². The number of sulfonamides is 1. The number of hydrogen-bond donors (Lipinski definition) is 3. The molecule has 0 heterocycles. The number of carbonyl (C=O) groups excluding carboxylic acids is 5. The summed E-state index contributed by atoms with van der Waals surface area (Å²) in [6, 6.07) is 15.3. The third kappa shape index (κ3) is 15.2. The van der Waals surface area contributed by atoms with Gasteiger partial charge >= 0.3 is 18.2 Å². The predicted octanol–water partition coefficient (Wildman–Crippen LogP) is 3.08. The van der Waals surface area contributed by atoms with Crippen molar-refractivity contribution in [3.8, 4) is 0 Å². The maximum Gasteiger partial charge on any atom is 0.408 e. The topological polar surface area (TPSA) is 187 Å². The third-order valence-corrected chi connectivity index (χ3v) is 8.38. The molecule has 0 unspecified atom stereocenters. The Hall–Kier alpha value is -4.92. The van der Waals surface area contributed by atoms with Crippen molar-refractivity contribution >= 4 is 40.0 Å². The molecule has 0 aliphatic carbocycles. The highest BCUT2D eigenvalue weighted by molar-refractivity contribution is 7.89. The summed E-state index contributed by atoms with van der Waals surface area (Å²) in [7, 11) is -4.65. The van der Waals surface area contributed by atoms with Crippen LogP contribution in [0.2, 0.25) is 0 Å². The minimum atomic E-state index is -4.65. The lowest BCUT2D eigenvalue weighted by atomic mass is 10.0. The summed E-state index contributed by atoms with van der Waals surface area (Å²) < 4.78 is 43.3. The van der Waals surface area contributed by atoms with Gasteiger partial charge in [0.05, 0.1) is 18.3 Å². The van der Waals surface area contributed by atoms with E-state index in [4.69, 9.17) is 14.2 Å². The van der Waals surface area contributed by atoms with Gasteiger partial charge in [-0.15, -0.1) is 0 Å². The summed E-state index contributed by atoms with van der Waals surface area (Å²) in [6.07, 6.45) is -0.454. The standard InChI is InChI=1S/C34H46N4O10S/c1-7-18-46-29(40)21-38(28(39)20-35-31(41)30(24(2)3)37-33(43)48-34(4,5)6)49(44,45)23-27(19-25-14-10-8-11-15-25)36-32(42)47-22-26-16-12-9-13-17-26/h7-17,24,27,30H,1,18-23H2,2-6H3,(H,35,41)(H,36,42)(H,37,43)/t27-,30-/m0/s1. The molecule has 15 heteroatoms. The molecule has 268 valence electrons. The van der Waals surface area contributed by atoms with Gasteiger partial charge in [-0.05, 0) is 44.2 Å². The summed E-state index contributed by atoms with van der Waals surface area (Å²) in [5.41, 5.74) is 0.556. The molecule has 0 radical (unpaired) electrons. The van der Waals surface area contributed by atoms with Crippen molar-refractivity contribution in [3.05, 3.63) is 84.4 Å². The zero-order valence-electron chi connectivity index (χ0n) is 28.5. The minimum Gasteiger partial charge on any atom is -0.460 e. The van der Waals surface area contributed by atoms with Gasteiger partial charge in [0.1, 0.15) is 31.4 Å². The SMILES string of the molecule is C=CCOC(=O)CN(C(=O)CNC(=O)[C@@H](NC(=O)OC(C)(C)C)C(C)C)S(=O)(=O)C[C@H](Cc1ccccc1)NC(=O)OCc1ccccc1.